The van der Waals surface area contributed by atoms with Gasteiger partial charge in [0.25, 0.3) is 0 Å². The number of benzene rings is 1. The monoisotopic (exact) mass is 209 g/mol. The van der Waals surface area contributed by atoms with Crippen molar-refractivity contribution in [1.29, 1.82) is 0 Å². The molecule has 0 fully saturated rings. The smallest absolute Gasteiger partial charge is 0.106 e. The van der Waals surface area contributed by atoms with Gasteiger partial charge in [-0.3, -0.25) is 4.84 Å². The molecule has 2 nitrogen and oxygen atoms in total. The van der Waals surface area contributed by atoms with E-state index in [0.717, 1.165) is 13.0 Å². The molecule has 0 aliphatic carbocycles. The van der Waals surface area contributed by atoms with Crippen LogP contribution in [0.4, 0.5) is 5.69 Å². The van der Waals surface area contributed by atoms with Crippen molar-refractivity contribution in [3.8, 4) is 0 Å². The van der Waals surface area contributed by atoms with Gasteiger partial charge in [0.05, 0.1) is 12.3 Å². The Hall–Kier alpha value is -0.670. The molecule has 1 aliphatic rings. The van der Waals surface area contributed by atoms with Crippen molar-refractivity contribution in [3.63, 3.8) is 0 Å². The van der Waals surface area contributed by atoms with Gasteiger partial charge in [-0.15, -0.1) is 0 Å². The highest BCUT2D eigenvalue weighted by atomic mass is 32.2. The molecule has 1 aromatic rings. The van der Waals surface area contributed by atoms with Crippen LogP contribution in [0.15, 0.2) is 29.2 Å². The molecule has 0 bridgehead atoms. The minimum atomic E-state index is 0.437. The fourth-order valence-electron chi connectivity index (χ4n) is 1.63. The number of thioether (sulfide) groups is 1. The lowest BCUT2D eigenvalue weighted by Gasteiger charge is -2.23. The predicted molar refractivity (Wildman–Crippen MR) is 60.5 cm³/mol. The van der Waals surface area contributed by atoms with Crippen LogP contribution in [0.3, 0.4) is 0 Å². The molecular formula is C11H15NOS. The summed E-state index contributed by atoms with van der Waals surface area (Å²) in [4.78, 5) is 6.97. The van der Waals surface area contributed by atoms with Gasteiger partial charge in [0.1, 0.15) is 5.37 Å². The number of fused-ring (bicyclic) bond motifs is 1. The summed E-state index contributed by atoms with van der Waals surface area (Å²) in [6, 6.07) is 8.41. The molecule has 0 N–H and O–H groups in total. The third-order valence-corrected chi connectivity index (χ3v) is 3.64. The minimum absolute atomic E-state index is 0.437. The van der Waals surface area contributed by atoms with Gasteiger partial charge in [0.15, 0.2) is 0 Å². The molecule has 14 heavy (non-hydrogen) atoms. The summed E-state index contributed by atoms with van der Waals surface area (Å²) in [7, 11) is 0. The summed E-state index contributed by atoms with van der Waals surface area (Å²) in [5.41, 5.74) is 1.21. The molecule has 2 rings (SSSR count). The zero-order valence-corrected chi connectivity index (χ0v) is 9.38. The molecule has 1 unspecified atom stereocenters. The Labute approximate surface area is 89.2 Å². The number of nitrogens with zero attached hydrogens (tertiary/aromatic N) is 1. The van der Waals surface area contributed by atoms with Crippen LogP contribution in [-0.4, -0.2) is 12.0 Å². The zero-order valence-electron chi connectivity index (χ0n) is 8.56. The number of rotatable bonds is 3. The summed E-state index contributed by atoms with van der Waals surface area (Å²) in [6.45, 7) is 4.94. The van der Waals surface area contributed by atoms with Crippen molar-refractivity contribution in [2.24, 2.45) is 0 Å². The van der Waals surface area contributed by atoms with Crippen LogP contribution >= 0.6 is 11.8 Å². The molecule has 76 valence electrons. The Bertz CT molecular complexity index is 316. The molecule has 1 heterocycles. The first-order valence-corrected chi connectivity index (χ1v) is 5.92. The Morgan fingerprint density at radius 1 is 1.36 bits per heavy atom. The fraction of sp³-hybridized carbons (Fsp3) is 0.455. The summed E-state index contributed by atoms with van der Waals surface area (Å²) in [6.07, 6.45) is 1.10. The second kappa shape index (κ2) is 4.24. The highest BCUT2D eigenvalue weighted by Gasteiger charge is 2.28. The van der Waals surface area contributed by atoms with Gasteiger partial charge in [-0.2, -0.15) is 0 Å². The summed E-state index contributed by atoms with van der Waals surface area (Å²) in [5, 5.41) is 2.48. The molecular weight excluding hydrogens is 194 g/mol. The molecule has 1 aromatic carbocycles. The molecule has 1 aliphatic heterocycles. The van der Waals surface area contributed by atoms with E-state index in [-0.39, 0.29) is 0 Å². The van der Waals surface area contributed by atoms with Gasteiger partial charge < -0.3 is 0 Å². The Morgan fingerprint density at radius 2 is 2.14 bits per heavy atom. The van der Waals surface area contributed by atoms with Gasteiger partial charge in [-0.1, -0.05) is 30.8 Å². The quantitative estimate of drug-likeness (QED) is 0.758. The topological polar surface area (TPSA) is 12.5 Å². The lowest BCUT2D eigenvalue weighted by molar-refractivity contribution is 0.115. The first kappa shape index (κ1) is 9.87. The molecule has 0 saturated heterocycles. The number of hydrogen-bond donors (Lipinski definition) is 0. The number of hydrogen-bond acceptors (Lipinski definition) is 3. The zero-order chi connectivity index (χ0) is 9.97. The number of hydroxylamine groups is 1. The van der Waals surface area contributed by atoms with Crippen molar-refractivity contribution in [2.75, 3.05) is 11.7 Å². The average molecular weight is 209 g/mol. The highest BCUT2D eigenvalue weighted by Crippen LogP contribution is 2.44. The van der Waals surface area contributed by atoms with Crippen molar-refractivity contribution in [1.82, 2.24) is 0 Å². The summed E-state index contributed by atoms with van der Waals surface area (Å²) >= 11 is 1.89. The second-order valence-corrected chi connectivity index (χ2v) is 4.41. The largest absolute Gasteiger partial charge is 0.273 e. The van der Waals surface area contributed by atoms with E-state index in [1.807, 2.05) is 23.7 Å². The Morgan fingerprint density at radius 3 is 2.86 bits per heavy atom. The average Bonchev–Trinajstić information content (AvgIpc) is 2.58. The van der Waals surface area contributed by atoms with Gasteiger partial charge in [0.2, 0.25) is 0 Å². The fourth-order valence-corrected chi connectivity index (χ4v) is 2.80. The van der Waals surface area contributed by atoms with Crippen LogP contribution in [0, 0.1) is 0 Å². The normalized spacial score (nSPS) is 19.9. The van der Waals surface area contributed by atoms with Crippen molar-refractivity contribution in [3.05, 3.63) is 24.3 Å². The second-order valence-electron chi connectivity index (χ2n) is 3.19. The van der Waals surface area contributed by atoms with E-state index < -0.39 is 0 Å². The molecule has 3 heteroatoms. The third kappa shape index (κ3) is 1.62. The predicted octanol–water partition coefficient (Wildman–Crippen LogP) is 3.29. The van der Waals surface area contributed by atoms with Gasteiger partial charge >= 0.3 is 0 Å². The number of anilines is 1. The van der Waals surface area contributed by atoms with E-state index in [2.05, 4.69) is 31.2 Å². The Balaban J connectivity index is 2.27. The van der Waals surface area contributed by atoms with Crippen LogP contribution in [0.1, 0.15) is 20.3 Å². The molecule has 0 amide bonds. The highest BCUT2D eigenvalue weighted by molar-refractivity contribution is 8.00. The van der Waals surface area contributed by atoms with Crippen LogP contribution < -0.4 is 5.06 Å². The maximum Gasteiger partial charge on any atom is 0.106 e. The first-order chi connectivity index (χ1) is 6.86. The number of para-hydroxylation sites is 1. The van der Waals surface area contributed by atoms with E-state index in [1.54, 1.807) is 0 Å². The van der Waals surface area contributed by atoms with E-state index in [1.165, 1.54) is 10.6 Å². The maximum atomic E-state index is 5.65. The summed E-state index contributed by atoms with van der Waals surface area (Å²) < 4.78 is 0. The van der Waals surface area contributed by atoms with Gasteiger partial charge in [-0.25, -0.2) is 5.06 Å². The lowest BCUT2D eigenvalue weighted by atomic mass is 10.3. The van der Waals surface area contributed by atoms with E-state index in [0.29, 0.717) is 5.37 Å². The van der Waals surface area contributed by atoms with E-state index in [4.69, 9.17) is 4.84 Å². The maximum absolute atomic E-state index is 5.65. The van der Waals surface area contributed by atoms with Crippen LogP contribution in [0.25, 0.3) is 0 Å². The van der Waals surface area contributed by atoms with Crippen LogP contribution in [0.2, 0.25) is 0 Å². The summed E-state index contributed by atoms with van der Waals surface area (Å²) in [5.74, 6) is 0. The van der Waals surface area contributed by atoms with Crippen LogP contribution in [0.5, 0.6) is 0 Å². The van der Waals surface area contributed by atoms with Crippen molar-refractivity contribution in [2.45, 2.75) is 30.5 Å². The SMILES string of the molecule is CCON1c2ccccc2SC1CC. The van der Waals surface area contributed by atoms with Crippen molar-refractivity contribution >= 4 is 17.4 Å². The molecule has 0 radical (unpaired) electrons. The van der Waals surface area contributed by atoms with E-state index >= 15 is 0 Å². The third-order valence-electron chi connectivity index (χ3n) is 2.24. The molecule has 0 saturated carbocycles. The van der Waals surface area contributed by atoms with Crippen LogP contribution in [-0.2, 0) is 4.84 Å². The van der Waals surface area contributed by atoms with Crippen molar-refractivity contribution < 1.29 is 4.84 Å². The standard InChI is InChI=1S/C11H15NOS/c1-3-11-12(13-4-2)9-7-5-6-8-10(9)14-11/h5-8,11H,3-4H2,1-2H3. The first-order valence-electron chi connectivity index (χ1n) is 5.04. The van der Waals surface area contributed by atoms with Gasteiger partial charge in [0, 0.05) is 4.90 Å². The molecule has 0 aromatic heterocycles. The molecule has 1 atom stereocenters. The molecule has 0 spiro atoms. The van der Waals surface area contributed by atoms with E-state index in [9.17, 15) is 0 Å². The minimum Gasteiger partial charge on any atom is -0.273 e. The van der Waals surface area contributed by atoms with Gasteiger partial charge in [-0.05, 0) is 25.5 Å². The Kier molecular flexibility index (Phi) is 2.99. The lowest BCUT2D eigenvalue weighted by Crippen LogP contribution is -2.28.